The van der Waals surface area contributed by atoms with Crippen molar-refractivity contribution in [2.75, 3.05) is 33.4 Å². The first-order chi connectivity index (χ1) is 9.22. The molecule has 2 atom stereocenters. The second-order valence-corrected chi connectivity index (χ2v) is 6.05. The molecular formula is C14H26N2O3. The Morgan fingerprint density at radius 1 is 1.16 bits per heavy atom. The van der Waals surface area contributed by atoms with E-state index < -0.39 is 0 Å². The molecule has 1 saturated carbocycles. The quantitative estimate of drug-likeness (QED) is 0.801. The van der Waals surface area contributed by atoms with Crippen LogP contribution in [0.3, 0.4) is 0 Å². The number of likely N-dealkylation sites (tertiary alicyclic amines) is 1. The van der Waals surface area contributed by atoms with Gasteiger partial charge in [-0.25, -0.2) is 0 Å². The van der Waals surface area contributed by atoms with Crippen molar-refractivity contribution in [3.63, 3.8) is 0 Å². The summed E-state index contributed by atoms with van der Waals surface area (Å²) < 4.78 is 17.2. The summed E-state index contributed by atoms with van der Waals surface area (Å²) in [6.07, 6.45) is 5.49. The highest BCUT2D eigenvalue weighted by atomic mass is 16.7. The van der Waals surface area contributed by atoms with E-state index in [0.29, 0.717) is 12.1 Å². The van der Waals surface area contributed by atoms with Gasteiger partial charge in [-0.2, -0.15) is 0 Å². The summed E-state index contributed by atoms with van der Waals surface area (Å²) in [7, 11) is 1.81. The zero-order valence-electron chi connectivity index (χ0n) is 11.8. The van der Waals surface area contributed by atoms with Crippen molar-refractivity contribution >= 4 is 0 Å². The number of piperidine rings is 1. The highest BCUT2D eigenvalue weighted by molar-refractivity contribution is 4.96. The molecule has 2 heterocycles. The minimum absolute atomic E-state index is 0.248. The smallest absolute Gasteiger partial charge is 0.170 e. The first-order valence-corrected chi connectivity index (χ1v) is 7.53. The summed E-state index contributed by atoms with van der Waals surface area (Å²) in [5, 5.41) is 0. The second-order valence-electron chi connectivity index (χ2n) is 6.05. The van der Waals surface area contributed by atoms with Crippen LogP contribution >= 0.6 is 0 Å². The number of ether oxygens (including phenoxy) is 3. The minimum Gasteiger partial charge on any atom is -0.381 e. The molecule has 0 radical (unpaired) electrons. The van der Waals surface area contributed by atoms with Crippen molar-refractivity contribution in [1.29, 1.82) is 0 Å². The number of hydrogen-bond donors (Lipinski definition) is 1. The largest absolute Gasteiger partial charge is 0.381 e. The van der Waals surface area contributed by atoms with Gasteiger partial charge >= 0.3 is 0 Å². The van der Waals surface area contributed by atoms with Gasteiger partial charge in [0.2, 0.25) is 0 Å². The molecule has 0 aromatic rings. The van der Waals surface area contributed by atoms with Crippen LogP contribution in [-0.2, 0) is 14.2 Å². The van der Waals surface area contributed by atoms with E-state index in [1.165, 1.54) is 0 Å². The molecule has 3 fully saturated rings. The number of nitrogens with two attached hydrogens (primary N) is 1. The van der Waals surface area contributed by atoms with Gasteiger partial charge in [0, 0.05) is 45.1 Å². The number of methoxy groups -OCH3 is 1. The van der Waals surface area contributed by atoms with E-state index in [0.717, 1.165) is 58.4 Å². The van der Waals surface area contributed by atoms with Crippen LogP contribution in [0.15, 0.2) is 0 Å². The van der Waals surface area contributed by atoms with Crippen LogP contribution in [0.2, 0.25) is 0 Å². The van der Waals surface area contributed by atoms with Gasteiger partial charge in [-0.15, -0.1) is 0 Å². The van der Waals surface area contributed by atoms with Gasteiger partial charge in [-0.05, 0) is 19.3 Å². The Kier molecular flexibility index (Phi) is 4.10. The zero-order chi connectivity index (χ0) is 13.3. The Labute approximate surface area is 115 Å². The van der Waals surface area contributed by atoms with Crippen LogP contribution in [0, 0.1) is 0 Å². The third kappa shape index (κ3) is 2.81. The lowest BCUT2D eigenvalue weighted by Crippen LogP contribution is -2.58. The lowest BCUT2D eigenvalue weighted by molar-refractivity contribution is -0.193. The van der Waals surface area contributed by atoms with Crippen molar-refractivity contribution in [1.82, 2.24) is 4.90 Å². The average Bonchev–Trinajstić information content (AvgIpc) is 2.90. The van der Waals surface area contributed by atoms with Crippen molar-refractivity contribution in [3.05, 3.63) is 0 Å². The fourth-order valence-corrected chi connectivity index (χ4v) is 3.75. The average molecular weight is 270 g/mol. The number of nitrogens with zero attached hydrogens (tertiary/aromatic N) is 1. The monoisotopic (exact) mass is 270 g/mol. The molecule has 2 N–H and O–H groups in total. The summed E-state index contributed by atoms with van der Waals surface area (Å²) in [5.74, 6) is -0.335. The summed E-state index contributed by atoms with van der Waals surface area (Å²) in [4.78, 5) is 2.52. The summed E-state index contributed by atoms with van der Waals surface area (Å²) >= 11 is 0. The van der Waals surface area contributed by atoms with E-state index in [4.69, 9.17) is 19.9 Å². The van der Waals surface area contributed by atoms with Gasteiger partial charge in [0.1, 0.15) is 0 Å². The predicted molar refractivity (Wildman–Crippen MR) is 71.9 cm³/mol. The van der Waals surface area contributed by atoms with Crippen LogP contribution in [0.25, 0.3) is 0 Å². The zero-order valence-corrected chi connectivity index (χ0v) is 11.8. The molecule has 1 aliphatic carbocycles. The molecule has 3 aliphatic rings. The maximum atomic E-state index is 6.34. The Morgan fingerprint density at radius 3 is 2.47 bits per heavy atom. The maximum Gasteiger partial charge on any atom is 0.170 e. The maximum absolute atomic E-state index is 6.34. The molecule has 3 rings (SSSR count). The molecule has 0 aromatic heterocycles. The molecule has 0 bridgehead atoms. The first kappa shape index (κ1) is 13.8. The van der Waals surface area contributed by atoms with Crippen molar-refractivity contribution in [3.8, 4) is 0 Å². The van der Waals surface area contributed by atoms with E-state index in [1.54, 1.807) is 0 Å². The lowest BCUT2D eigenvalue weighted by atomic mass is 9.84. The molecule has 19 heavy (non-hydrogen) atoms. The SMILES string of the molecule is COC1CCN(C2CC3(CCC2N)OCCO3)CC1. The van der Waals surface area contributed by atoms with E-state index in [9.17, 15) is 0 Å². The standard InChI is InChI=1S/C14H26N2O3/c1-17-11-3-6-16(7-4-11)13-10-14(5-2-12(13)15)18-8-9-19-14/h11-13H,2-10,15H2,1H3. The van der Waals surface area contributed by atoms with E-state index in [1.807, 2.05) is 7.11 Å². The van der Waals surface area contributed by atoms with Crippen LogP contribution < -0.4 is 5.73 Å². The van der Waals surface area contributed by atoms with Gasteiger partial charge in [-0.1, -0.05) is 0 Å². The normalized spacial score (nSPS) is 36.9. The molecular weight excluding hydrogens is 244 g/mol. The molecule has 2 aliphatic heterocycles. The van der Waals surface area contributed by atoms with E-state index in [2.05, 4.69) is 4.90 Å². The Morgan fingerprint density at radius 2 is 1.84 bits per heavy atom. The van der Waals surface area contributed by atoms with Gasteiger partial charge in [0.15, 0.2) is 5.79 Å². The van der Waals surface area contributed by atoms with Crippen LogP contribution in [0.4, 0.5) is 0 Å². The minimum atomic E-state index is -0.335. The molecule has 2 unspecified atom stereocenters. The molecule has 2 saturated heterocycles. The first-order valence-electron chi connectivity index (χ1n) is 7.53. The van der Waals surface area contributed by atoms with Gasteiger partial charge in [0.05, 0.1) is 19.3 Å². The van der Waals surface area contributed by atoms with E-state index >= 15 is 0 Å². The lowest BCUT2D eigenvalue weighted by Gasteiger charge is -2.46. The van der Waals surface area contributed by atoms with Crippen molar-refractivity contribution < 1.29 is 14.2 Å². The number of rotatable bonds is 2. The third-order valence-electron chi connectivity index (χ3n) is 4.97. The van der Waals surface area contributed by atoms with Gasteiger partial charge in [-0.3, -0.25) is 4.90 Å². The fraction of sp³-hybridized carbons (Fsp3) is 1.00. The van der Waals surface area contributed by atoms with Crippen LogP contribution in [-0.4, -0.2) is 62.3 Å². The highest BCUT2D eigenvalue weighted by Crippen LogP contribution is 2.38. The Balaban J connectivity index is 1.62. The second kappa shape index (κ2) is 5.66. The van der Waals surface area contributed by atoms with Crippen molar-refractivity contribution in [2.45, 2.75) is 56.1 Å². The molecule has 110 valence electrons. The highest BCUT2D eigenvalue weighted by Gasteiger charge is 2.46. The number of hydrogen-bond acceptors (Lipinski definition) is 5. The fourth-order valence-electron chi connectivity index (χ4n) is 3.75. The van der Waals surface area contributed by atoms with Crippen molar-refractivity contribution in [2.24, 2.45) is 5.73 Å². The van der Waals surface area contributed by atoms with Crippen LogP contribution in [0.5, 0.6) is 0 Å². The van der Waals surface area contributed by atoms with Gasteiger partial charge in [0.25, 0.3) is 0 Å². The van der Waals surface area contributed by atoms with E-state index in [-0.39, 0.29) is 11.8 Å². The Hall–Kier alpha value is -0.200. The van der Waals surface area contributed by atoms with Gasteiger partial charge < -0.3 is 19.9 Å². The predicted octanol–water partition coefficient (Wildman–Crippen LogP) is 0.720. The molecule has 0 amide bonds. The molecule has 5 nitrogen and oxygen atoms in total. The molecule has 0 aromatic carbocycles. The summed E-state index contributed by atoms with van der Waals surface area (Å²) in [6.45, 7) is 3.61. The third-order valence-corrected chi connectivity index (χ3v) is 4.97. The summed E-state index contributed by atoms with van der Waals surface area (Å²) in [5.41, 5.74) is 6.34. The molecule has 1 spiro atoms. The topological polar surface area (TPSA) is 57.0 Å². The van der Waals surface area contributed by atoms with Crippen LogP contribution in [0.1, 0.15) is 32.1 Å². The summed E-state index contributed by atoms with van der Waals surface area (Å²) in [6, 6.07) is 0.641. The Bertz CT molecular complexity index is 299. The molecule has 5 heteroatoms.